The lowest BCUT2D eigenvalue weighted by Crippen LogP contribution is -2.36. The smallest absolute Gasteiger partial charge is 0.380 e. The number of halogens is 4. The summed E-state index contributed by atoms with van der Waals surface area (Å²) < 4.78 is 45.4. The van der Waals surface area contributed by atoms with Gasteiger partial charge in [0.05, 0.1) is 0 Å². The molecule has 0 aromatic carbocycles. The van der Waals surface area contributed by atoms with E-state index in [9.17, 15) is 17.6 Å². The standard InChI is InChI=1S/C4H3F4NO/c5-2(1-9)3(10)4(6,7)8/h2-3,10H. The summed E-state index contributed by atoms with van der Waals surface area (Å²) in [6.07, 6.45) is -11.2. The molecule has 6 heteroatoms. The van der Waals surface area contributed by atoms with Crippen LogP contribution in [-0.2, 0) is 0 Å². The maximum absolute atomic E-state index is 11.7. The average molecular weight is 157 g/mol. The number of nitriles is 1. The molecule has 2 nitrogen and oxygen atoms in total. The SMILES string of the molecule is N#CC(F)C(O)C(F)(F)F. The van der Waals surface area contributed by atoms with Crippen molar-refractivity contribution in [1.29, 1.82) is 5.26 Å². The molecular formula is C4H3F4NO. The maximum atomic E-state index is 11.7. The molecule has 0 heterocycles. The second-order valence-electron chi connectivity index (χ2n) is 1.52. The summed E-state index contributed by atoms with van der Waals surface area (Å²) in [6, 6.07) is 0.635. The van der Waals surface area contributed by atoms with Gasteiger partial charge in [-0.2, -0.15) is 18.4 Å². The molecule has 0 saturated heterocycles. The highest BCUT2D eigenvalue weighted by Crippen LogP contribution is 2.23. The molecule has 0 amide bonds. The van der Waals surface area contributed by atoms with E-state index in [2.05, 4.69) is 0 Å². The highest BCUT2D eigenvalue weighted by molar-refractivity contribution is 4.91. The van der Waals surface area contributed by atoms with Crippen LogP contribution in [0.2, 0.25) is 0 Å². The molecule has 0 aliphatic rings. The molecule has 10 heavy (non-hydrogen) atoms. The molecule has 2 atom stereocenters. The number of hydrogen-bond donors (Lipinski definition) is 1. The Balaban J connectivity index is 4.11. The van der Waals surface area contributed by atoms with Crippen molar-refractivity contribution >= 4 is 0 Å². The van der Waals surface area contributed by atoms with Crippen molar-refractivity contribution in [2.75, 3.05) is 0 Å². The number of nitrogens with zero attached hydrogens (tertiary/aromatic N) is 1. The normalized spacial score (nSPS) is 17.6. The molecule has 0 spiro atoms. The maximum Gasteiger partial charge on any atom is 0.418 e. The summed E-state index contributed by atoms with van der Waals surface area (Å²) in [5.74, 6) is 0. The van der Waals surface area contributed by atoms with Gasteiger partial charge in [0, 0.05) is 0 Å². The summed E-state index contributed by atoms with van der Waals surface area (Å²) in [5.41, 5.74) is 0. The Bertz CT molecular complexity index is 148. The number of alkyl halides is 4. The number of aliphatic hydroxyl groups is 1. The lowest BCUT2D eigenvalue weighted by atomic mass is 10.2. The van der Waals surface area contributed by atoms with Crippen molar-refractivity contribution in [3.05, 3.63) is 0 Å². The van der Waals surface area contributed by atoms with Crippen LogP contribution in [-0.4, -0.2) is 23.6 Å². The van der Waals surface area contributed by atoms with Gasteiger partial charge in [0.15, 0.2) is 6.10 Å². The summed E-state index contributed by atoms with van der Waals surface area (Å²) in [5, 5.41) is 15.5. The van der Waals surface area contributed by atoms with E-state index >= 15 is 0 Å². The lowest BCUT2D eigenvalue weighted by Gasteiger charge is -2.12. The van der Waals surface area contributed by atoms with E-state index in [4.69, 9.17) is 10.4 Å². The first-order valence-electron chi connectivity index (χ1n) is 2.18. The number of hydrogen-bond acceptors (Lipinski definition) is 2. The average Bonchev–Trinajstić information content (AvgIpc) is 1.83. The second-order valence-corrected chi connectivity index (χ2v) is 1.52. The van der Waals surface area contributed by atoms with Crippen molar-refractivity contribution < 1.29 is 22.7 Å². The Hall–Kier alpha value is -0.830. The summed E-state index contributed by atoms with van der Waals surface area (Å²) in [4.78, 5) is 0. The van der Waals surface area contributed by atoms with Gasteiger partial charge in [0.1, 0.15) is 6.07 Å². The number of rotatable bonds is 1. The molecule has 1 N–H and O–H groups in total. The quantitative estimate of drug-likeness (QED) is 0.571. The van der Waals surface area contributed by atoms with Crippen LogP contribution >= 0.6 is 0 Å². The van der Waals surface area contributed by atoms with E-state index in [1.165, 1.54) is 0 Å². The molecule has 0 saturated carbocycles. The van der Waals surface area contributed by atoms with Crippen LogP contribution in [0.5, 0.6) is 0 Å². The Labute approximate surface area is 53.7 Å². The highest BCUT2D eigenvalue weighted by atomic mass is 19.4. The monoisotopic (exact) mass is 157 g/mol. The van der Waals surface area contributed by atoms with Gasteiger partial charge in [-0.05, 0) is 0 Å². The molecule has 0 aliphatic carbocycles. The molecule has 0 aromatic rings. The van der Waals surface area contributed by atoms with Gasteiger partial charge in [-0.3, -0.25) is 0 Å². The Morgan fingerprint density at radius 1 is 1.40 bits per heavy atom. The van der Waals surface area contributed by atoms with Crippen LogP contribution < -0.4 is 0 Å². The Morgan fingerprint density at radius 3 is 1.90 bits per heavy atom. The van der Waals surface area contributed by atoms with E-state index in [1.54, 1.807) is 0 Å². The van der Waals surface area contributed by atoms with E-state index in [0.29, 0.717) is 6.07 Å². The fourth-order valence-electron chi connectivity index (χ4n) is 0.237. The first-order valence-corrected chi connectivity index (χ1v) is 2.18. The first kappa shape index (κ1) is 9.17. The minimum absolute atomic E-state index is 0.635. The number of aliphatic hydroxyl groups excluding tert-OH is 1. The van der Waals surface area contributed by atoms with Crippen LogP contribution in [0.4, 0.5) is 17.6 Å². The molecular weight excluding hydrogens is 154 g/mol. The predicted octanol–water partition coefficient (Wildman–Crippen LogP) is 0.771. The van der Waals surface area contributed by atoms with Crippen molar-refractivity contribution in [3.8, 4) is 6.07 Å². The third-order valence-electron chi connectivity index (χ3n) is 0.736. The van der Waals surface area contributed by atoms with Gasteiger partial charge in [-0.25, -0.2) is 4.39 Å². The highest BCUT2D eigenvalue weighted by Gasteiger charge is 2.44. The zero-order chi connectivity index (χ0) is 8.36. The molecule has 0 fully saturated rings. The summed E-state index contributed by atoms with van der Waals surface area (Å²) in [7, 11) is 0. The van der Waals surface area contributed by atoms with E-state index < -0.39 is 18.5 Å². The molecule has 0 rings (SSSR count). The second kappa shape index (κ2) is 2.84. The minimum atomic E-state index is -5.06. The minimum Gasteiger partial charge on any atom is -0.380 e. The van der Waals surface area contributed by atoms with Gasteiger partial charge < -0.3 is 5.11 Å². The largest absolute Gasteiger partial charge is 0.418 e. The van der Waals surface area contributed by atoms with E-state index in [1.807, 2.05) is 0 Å². The van der Waals surface area contributed by atoms with Gasteiger partial charge in [-0.1, -0.05) is 0 Å². The van der Waals surface area contributed by atoms with Gasteiger partial charge in [-0.15, -0.1) is 0 Å². The van der Waals surface area contributed by atoms with E-state index in [-0.39, 0.29) is 0 Å². The topological polar surface area (TPSA) is 44.0 Å². The van der Waals surface area contributed by atoms with Crippen molar-refractivity contribution in [3.63, 3.8) is 0 Å². The zero-order valence-corrected chi connectivity index (χ0v) is 4.56. The summed E-state index contributed by atoms with van der Waals surface area (Å²) in [6.45, 7) is 0. The molecule has 0 bridgehead atoms. The molecule has 0 aliphatic heterocycles. The summed E-state index contributed by atoms with van der Waals surface area (Å²) >= 11 is 0. The van der Waals surface area contributed by atoms with Gasteiger partial charge in [0.2, 0.25) is 6.17 Å². The fourth-order valence-corrected chi connectivity index (χ4v) is 0.237. The van der Waals surface area contributed by atoms with Crippen LogP contribution in [0.1, 0.15) is 0 Å². The van der Waals surface area contributed by atoms with Crippen molar-refractivity contribution in [2.45, 2.75) is 18.5 Å². The molecule has 2 unspecified atom stereocenters. The van der Waals surface area contributed by atoms with E-state index in [0.717, 1.165) is 0 Å². The third-order valence-corrected chi connectivity index (χ3v) is 0.736. The van der Waals surface area contributed by atoms with Crippen LogP contribution in [0.3, 0.4) is 0 Å². The third kappa shape index (κ3) is 2.19. The van der Waals surface area contributed by atoms with Crippen LogP contribution in [0.25, 0.3) is 0 Å². The molecule has 58 valence electrons. The van der Waals surface area contributed by atoms with Crippen LogP contribution in [0, 0.1) is 11.3 Å². The Kier molecular flexibility index (Phi) is 2.60. The van der Waals surface area contributed by atoms with Crippen molar-refractivity contribution in [1.82, 2.24) is 0 Å². The van der Waals surface area contributed by atoms with Crippen LogP contribution in [0.15, 0.2) is 0 Å². The fraction of sp³-hybridized carbons (Fsp3) is 0.750. The van der Waals surface area contributed by atoms with Gasteiger partial charge in [0.25, 0.3) is 0 Å². The predicted molar refractivity (Wildman–Crippen MR) is 22.6 cm³/mol. The first-order chi connectivity index (χ1) is 4.39. The molecule has 0 aromatic heterocycles. The molecule has 0 radical (unpaired) electrons. The van der Waals surface area contributed by atoms with Crippen molar-refractivity contribution in [2.24, 2.45) is 0 Å². The lowest BCUT2D eigenvalue weighted by molar-refractivity contribution is -0.214. The zero-order valence-electron chi connectivity index (χ0n) is 4.56. The van der Waals surface area contributed by atoms with Gasteiger partial charge >= 0.3 is 6.18 Å². The Morgan fingerprint density at radius 2 is 1.80 bits per heavy atom.